The van der Waals surface area contributed by atoms with E-state index < -0.39 is 17.9 Å². The van der Waals surface area contributed by atoms with Crippen molar-refractivity contribution in [3.63, 3.8) is 0 Å². The number of alkyl halides is 3. The van der Waals surface area contributed by atoms with Crippen LogP contribution in [0.3, 0.4) is 0 Å². The van der Waals surface area contributed by atoms with Gasteiger partial charge in [-0.1, -0.05) is 36.4 Å². The summed E-state index contributed by atoms with van der Waals surface area (Å²) in [4.78, 5) is 0. The summed E-state index contributed by atoms with van der Waals surface area (Å²) in [6.07, 6.45) is 6.28. The Morgan fingerprint density at radius 3 is 2.19 bits per heavy atom. The highest BCUT2D eigenvalue weighted by Gasteiger charge is 2.34. The molecule has 2 aromatic carbocycles. The molecule has 0 radical (unpaired) electrons. The quantitative estimate of drug-likeness (QED) is 0.321. The van der Waals surface area contributed by atoms with Crippen molar-refractivity contribution in [1.82, 2.24) is 0 Å². The second-order valence-corrected chi connectivity index (χ2v) is 9.25. The summed E-state index contributed by atoms with van der Waals surface area (Å²) in [5.74, 6) is 0.0843. The van der Waals surface area contributed by atoms with E-state index in [0.717, 1.165) is 24.0 Å². The van der Waals surface area contributed by atoms with Gasteiger partial charge >= 0.3 is 6.36 Å². The second-order valence-electron chi connectivity index (χ2n) is 9.25. The van der Waals surface area contributed by atoms with Crippen LogP contribution in [0, 0.1) is 11.7 Å². The monoisotopic (exact) mass is 446 g/mol. The highest BCUT2D eigenvalue weighted by atomic mass is 19.4. The van der Waals surface area contributed by atoms with Crippen molar-refractivity contribution in [1.29, 1.82) is 0 Å². The summed E-state index contributed by atoms with van der Waals surface area (Å²) in [5.41, 5.74) is 3.74. The first-order chi connectivity index (χ1) is 15.3. The lowest BCUT2D eigenvalue weighted by molar-refractivity contribution is -0.275. The Kier molecular flexibility index (Phi) is 6.92. The van der Waals surface area contributed by atoms with Gasteiger partial charge in [0.05, 0.1) is 0 Å². The van der Waals surface area contributed by atoms with Crippen LogP contribution in [0.2, 0.25) is 0 Å². The molecule has 0 aliphatic heterocycles. The predicted molar refractivity (Wildman–Crippen MR) is 118 cm³/mol. The van der Waals surface area contributed by atoms with E-state index in [4.69, 9.17) is 0 Å². The van der Waals surface area contributed by atoms with Gasteiger partial charge in [-0.2, -0.15) is 0 Å². The van der Waals surface area contributed by atoms with E-state index in [1.54, 1.807) is 6.07 Å². The third-order valence-electron chi connectivity index (χ3n) is 7.24. The molecule has 0 N–H and O–H groups in total. The van der Waals surface area contributed by atoms with Crippen LogP contribution in [0.4, 0.5) is 17.6 Å². The van der Waals surface area contributed by atoms with Crippen molar-refractivity contribution in [2.45, 2.75) is 76.0 Å². The maximum absolute atomic E-state index is 14.5. The van der Waals surface area contributed by atoms with Crippen LogP contribution in [0.25, 0.3) is 0 Å². The van der Waals surface area contributed by atoms with Gasteiger partial charge in [0.2, 0.25) is 0 Å². The zero-order valence-electron chi connectivity index (χ0n) is 18.3. The minimum atomic E-state index is -4.89. The van der Waals surface area contributed by atoms with Gasteiger partial charge in [0.25, 0.3) is 0 Å². The van der Waals surface area contributed by atoms with Crippen molar-refractivity contribution >= 4 is 0 Å². The molecule has 0 heterocycles. The van der Waals surface area contributed by atoms with Crippen LogP contribution in [0.5, 0.6) is 5.75 Å². The molecule has 1 nitrogen and oxygen atoms in total. The van der Waals surface area contributed by atoms with Gasteiger partial charge in [0.15, 0.2) is 11.6 Å². The summed E-state index contributed by atoms with van der Waals surface area (Å²) < 4.78 is 55.8. The summed E-state index contributed by atoms with van der Waals surface area (Å²) in [6, 6.07) is 11.5. The molecular formula is C27H30F4O. The molecule has 2 aliphatic rings. The van der Waals surface area contributed by atoms with Crippen molar-refractivity contribution in [2.75, 3.05) is 0 Å². The van der Waals surface area contributed by atoms with E-state index in [-0.39, 0.29) is 5.92 Å². The Balaban J connectivity index is 1.39. The molecule has 0 saturated heterocycles. The summed E-state index contributed by atoms with van der Waals surface area (Å²) in [6.45, 7) is 3.82. The maximum atomic E-state index is 14.5. The van der Waals surface area contributed by atoms with Crippen LogP contribution < -0.4 is 4.74 Å². The second kappa shape index (κ2) is 9.68. The predicted octanol–water partition coefficient (Wildman–Crippen LogP) is 8.24. The van der Waals surface area contributed by atoms with E-state index in [2.05, 4.69) is 35.6 Å². The summed E-state index contributed by atoms with van der Waals surface area (Å²) in [5, 5.41) is 0. The SMILES string of the molecule is C=CCCC1CCC(c2ccc(C3CCc4c(ccc(OC(F)(F)F)c4F)C3)cc2)CC1. The minimum absolute atomic E-state index is 0.250. The Labute approximate surface area is 187 Å². The average molecular weight is 447 g/mol. The number of benzene rings is 2. The molecule has 1 atom stereocenters. The lowest BCUT2D eigenvalue weighted by Gasteiger charge is -2.29. The molecule has 0 spiro atoms. The van der Waals surface area contributed by atoms with Crippen molar-refractivity contribution in [3.05, 3.63) is 77.1 Å². The molecule has 0 amide bonds. The van der Waals surface area contributed by atoms with Crippen molar-refractivity contribution in [2.24, 2.45) is 5.92 Å². The summed E-state index contributed by atoms with van der Waals surface area (Å²) >= 11 is 0. The molecule has 4 rings (SSSR count). The molecule has 172 valence electrons. The van der Waals surface area contributed by atoms with Gasteiger partial charge in [-0.25, -0.2) is 4.39 Å². The zero-order valence-corrected chi connectivity index (χ0v) is 18.3. The van der Waals surface area contributed by atoms with E-state index >= 15 is 0 Å². The van der Waals surface area contributed by atoms with Gasteiger partial charge in [0.1, 0.15) is 0 Å². The van der Waals surface area contributed by atoms with E-state index in [1.807, 2.05) is 6.08 Å². The Hall–Kier alpha value is -2.30. The average Bonchev–Trinajstić information content (AvgIpc) is 2.79. The van der Waals surface area contributed by atoms with Crippen molar-refractivity contribution in [3.8, 4) is 5.75 Å². The van der Waals surface area contributed by atoms with Gasteiger partial charge < -0.3 is 4.74 Å². The van der Waals surface area contributed by atoms with Gasteiger partial charge in [-0.15, -0.1) is 19.8 Å². The number of fused-ring (bicyclic) bond motifs is 1. The van der Waals surface area contributed by atoms with E-state index in [9.17, 15) is 17.6 Å². The Morgan fingerprint density at radius 1 is 0.906 bits per heavy atom. The van der Waals surface area contributed by atoms with Crippen LogP contribution >= 0.6 is 0 Å². The number of hydrogen-bond acceptors (Lipinski definition) is 1. The molecule has 1 saturated carbocycles. The molecular weight excluding hydrogens is 416 g/mol. The number of rotatable bonds is 6. The fourth-order valence-corrected chi connectivity index (χ4v) is 5.45. The molecule has 2 aromatic rings. The van der Waals surface area contributed by atoms with E-state index in [1.165, 1.54) is 43.2 Å². The lowest BCUT2D eigenvalue weighted by Crippen LogP contribution is -2.20. The van der Waals surface area contributed by atoms with E-state index in [0.29, 0.717) is 30.7 Å². The standard InChI is InChI=1S/C27H30F4O/c1-2-3-4-18-5-7-19(8-6-18)20-9-11-21(12-10-20)22-13-15-24-23(17-22)14-16-25(26(24)28)32-27(29,30)31/h2,9-12,14,16,18-19,22H,1,3-8,13,15,17H2. The van der Waals surface area contributed by atoms with Gasteiger partial charge in [0, 0.05) is 0 Å². The third kappa shape index (κ3) is 5.36. The van der Waals surface area contributed by atoms with Gasteiger partial charge in [-0.05, 0) is 104 Å². The molecule has 0 aromatic heterocycles. The first kappa shape index (κ1) is 22.9. The lowest BCUT2D eigenvalue weighted by atomic mass is 9.76. The van der Waals surface area contributed by atoms with Gasteiger partial charge in [-0.3, -0.25) is 0 Å². The summed E-state index contributed by atoms with van der Waals surface area (Å²) in [7, 11) is 0. The molecule has 32 heavy (non-hydrogen) atoms. The minimum Gasteiger partial charge on any atom is -0.403 e. The normalized spacial score (nSPS) is 23.4. The maximum Gasteiger partial charge on any atom is 0.573 e. The fraction of sp³-hybridized carbons (Fsp3) is 0.481. The van der Waals surface area contributed by atoms with Crippen LogP contribution in [-0.2, 0) is 12.8 Å². The largest absolute Gasteiger partial charge is 0.573 e. The van der Waals surface area contributed by atoms with Crippen LogP contribution in [0.1, 0.15) is 79.0 Å². The van der Waals surface area contributed by atoms with Crippen LogP contribution in [-0.4, -0.2) is 6.36 Å². The molecule has 5 heteroatoms. The highest BCUT2D eigenvalue weighted by Crippen LogP contribution is 2.40. The fourth-order valence-electron chi connectivity index (χ4n) is 5.45. The number of halogens is 4. The van der Waals surface area contributed by atoms with Crippen LogP contribution in [0.15, 0.2) is 49.1 Å². The number of hydrogen-bond donors (Lipinski definition) is 0. The smallest absolute Gasteiger partial charge is 0.403 e. The first-order valence-electron chi connectivity index (χ1n) is 11.6. The topological polar surface area (TPSA) is 9.23 Å². The van der Waals surface area contributed by atoms with Crippen molar-refractivity contribution < 1.29 is 22.3 Å². The molecule has 1 unspecified atom stereocenters. The zero-order chi connectivity index (χ0) is 22.7. The highest BCUT2D eigenvalue weighted by molar-refractivity contribution is 5.41. The first-order valence-corrected chi connectivity index (χ1v) is 11.6. The molecule has 1 fully saturated rings. The Morgan fingerprint density at radius 2 is 1.56 bits per heavy atom. The number of ether oxygens (including phenoxy) is 1. The number of allylic oxidation sites excluding steroid dienone is 1. The Bertz CT molecular complexity index is 924. The third-order valence-corrected chi connectivity index (χ3v) is 7.24. The molecule has 0 bridgehead atoms. The molecule has 2 aliphatic carbocycles.